The van der Waals surface area contributed by atoms with Gasteiger partial charge in [0.15, 0.2) is 11.5 Å². The molecule has 0 aliphatic carbocycles. The molecule has 0 aromatic heterocycles. The third-order valence-electron chi connectivity index (χ3n) is 3.85. The molecule has 0 aliphatic rings. The molecule has 0 amide bonds. The Balaban J connectivity index is 2.77. The van der Waals surface area contributed by atoms with Crippen LogP contribution in [-0.2, 0) is 16.0 Å². The van der Waals surface area contributed by atoms with E-state index in [-0.39, 0.29) is 11.9 Å². The van der Waals surface area contributed by atoms with E-state index < -0.39 is 0 Å². The van der Waals surface area contributed by atoms with E-state index in [1.807, 2.05) is 19.1 Å². The molecule has 24 heavy (non-hydrogen) atoms. The Bertz CT molecular complexity index is 522. The summed E-state index contributed by atoms with van der Waals surface area (Å²) in [6.07, 6.45) is 7.22. The van der Waals surface area contributed by atoms with Gasteiger partial charge in [-0.2, -0.15) is 0 Å². The quantitative estimate of drug-likeness (QED) is 0.316. The van der Waals surface area contributed by atoms with Crippen molar-refractivity contribution >= 4 is 11.9 Å². The molecule has 1 aromatic carbocycles. The molecule has 4 nitrogen and oxygen atoms in total. The smallest absolute Gasteiger partial charge is 0.311 e. The molecule has 0 atom stereocenters. The van der Waals surface area contributed by atoms with Gasteiger partial charge in [0.25, 0.3) is 0 Å². The summed E-state index contributed by atoms with van der Waals surface area (Å²) in [5, 5.41) is 0. The largest absolute Gasteiger partial charge is 0.423 e. The zero-order valence-electron chi connectivity index (χ0n) is 15.2. The average molecular weight is 334 g/mol. The second-order valence-corrected chi connectivity index (χ2v) is 5.96. The number of hydrogen-bond acceptors (Lipinski definition) is 4. The molecule has 0 radical (unpaired) electrons. The minimum Gasteiger partial charge on any atom is -0.423 e. The highest BCUT2D eigenvalue weighted by Gasteiger charge is 2.16. The molecule has 4 heteroatoms. The fraction of sp³-hybridized carbons (Fsp3) is 0.600. The molecule has 0 spiro atoms. The van der Waals surface area contributed by atoms with Gasteiger partial charge in [-0.1, -0.05) is 58.6 Å². The minimum atomic E-state index is -0.278. The normalized spacial score (nSPS) is 10.5. The van der Waals surface area contributed by atoms with Crippen LogP contribution in [0.25, 0.3) is 0 Å². The van der Waals surface area contributed by atoms with Crippen molar-refractivity contribution in [3.8, 4) is 11.5 Å². The zero-order chi connectivity index (χ0) is 17.8. The van der Waals surface area contributed by atoms with Crippen LogP contribution in [0, 0.1) is 0 Å². The first-order chi connectivity index (χ1) is 11.6. The Morgan fingerprint density at radius 3 is 1.96 bits per heavy atom. The van der Waals surface area contributed by atoms with Gasteiger partial charge in [0.2, 0.25) is 0 Å². The van der Waals surface area contributed by atoms with Crippen molar-refractivity contribution in [1.82, 2.24) is 0 Å². The predicted molar refractivity (Wildman–Crippen MR) is 95.4 cm³/mol. The lowest BCUT2D eigenvalue weighted by Gasteiger charge is -2.14. The van der Waals surface area contributed by atoms with E-state index in [9.17, 15) is 9.59 Å². The molecule has 0 saturated carbocycles. The molecule has 0 unspecified atom stereocenters. The van der Waals surface area contributed by atoms with Crippen LogP contribution in [0.15, 0.2) is 18.2 Å². The molecular formula is C20H30O4. The van der Waals surface area contributed by atoms with Crippen molar-refractivity contribution in [1.29, 1.82) is 0 Å². The van der Waals surface area contributed by atoms with Crippen molar-refractivity contribution in [3.63, 3.8) is 0 Å². The van der Waals surface area contributed by atoms with E-state index in [0.717, 1.165) is 44.1 Å². The van der Waals surface area contributed by atoms with Gasteiger partial charge in [0.1, 0.15) is 0 Å². The number of benzene rings is 1. The van der Waals surface area contributed by atoms with Gasteiger partial charge in [-0.25, -0.2) is 0 Å². The van der Waals surface area contributed by atoms with E-state index in [1.165, 1.54) is 0 Å². The molecule has 0 aliphatic heterocycles. The summed E-state index contributed by atoms with van der Waals surface area (Å²) in [5.74, 6) is 0.192. The van der Waals surface area contributed by atoms with Gasteiger partial charge in [0.05, 0.1) is 0 Å². The van der Waals surface area contributed by atoms with Crippen LogP contribution in [0.4, 0.5) is 0 Å². The highest BCUT2D eigenvalue weighted by molar-refractivity contribution is 5.76. The van der Waals surface area contributed by atoms with Gasteiger partial charge in [-0.15, -0.1) is 0 Å². The van der Waals surface area contributed by atoms with Gasteiger partial charge in [0, 0.05) is 12.8 Å². The third-order valence-corrected chi connectivity index (χ3v) is 3.85. The number of esters is 2. The average Bonchev–Trinajstić information content (AvgIpc) is 2.57. The topological polar surface area (TPSA) is 52.6 Å². The number of para-hydroxylation sites is 1. The summed E-state index contributed by atoms with van der Waals surface area (Å²) in [4.78, 5) is 24.0. The van der Waals surface area contributed by atoms with Crippen LogP contribution >= 0.6 is 0 Å². The van der Waals surface area contributed by atoms with Crippen LogP contribution < -0.4 is 9.47 Å². The summed E-state index contributed by atoms with van der Waals surface area (Å²) in [5.41, 5.74) is 0.873. The van der Waals surface area contributed by atoms with E-state index in [1.54, 1.807) is 6.07 Å². The van der Waals surface area contributed by atoms with Gasteiger partial charge >= 0.3 is 11.9 Å². The SMILES string of the molecule is CCCCCC(=O)Oc1cccc(CC)c1OC(=O)CCCCC. The number of aryl methyl sites for hydroxylation is 1. The number of carbonyl (C=O) groups excluding carboxylic acids is 2. The monoisotopic (exact) mass is 334 g/mol. The molecule has 0 N–H and O–H groups in total. The van der Waals surface area contributed by atoms with Crippen molar-refractivity contribution < 1.29 is 19.1 Å². The number of unbranched alkanes of at least 4 members (excludes halogenated alkanes) is 4. The fourth-order valence-electron chi connectivity index (χ4n) is 2.41. The molecule has 0 saturated heterocycles. The van der Waals surface area contributed by atoms with Crippen LogP contribution in [0.1, 0.15) is 77.7 Å². The lowest BCUT2D eigenvalue weighted by molar-refractivity contribution is -0.137. The number of hydrogen-bond donors (Lipinski definition) is 0. The maximum atomic E-state index is 12.0. The molecule has 0 bridgehead atoms. The van der Waals surface area contributed by atoms with Crippen LogP contribution in [0.3, 0.4) is 0 Å². The summed E-state index contributed by atoms with van der Waals surface area (Å²) >= 11 is 0. The lowest BCUT2D eigenvalue weighted by Crippen LogP contribution is -2.13. The zero-order valence-corrected chi connectivity index (χ0v) is 15.2. The first-order valence-electron chi connectivity index (χ1n) is 9.15. The summed E-state index contributed by atoms with van der Waals surface area (Å²) in [6, 6.07) is 5.40. The molecule has 0 fully saturated rings. The Kier molecular flexibility index (Phi) is 9.81. The number of carbonyl (C=O) groups is 2. The molecule has 0 heterocycles. The Labute approximate surface area is 145 Å². The van der Waals surface area contributed by atoms with E-state index in [2.05, 4.69) is 13.8 Å². The van der Waals surface area contributed by atoms with Crippen molar-refractivity contribution in [3.05, 3.63) is 23.8 Å². The first-order valence-corrected chi connectivity index (χ1v) is 9.15. The van der Waals surface area contributed by atoms with Gasteiger partial charge in [-0.3, -0.25) is 9.59 Å². The lowest BCUT2D eigenvalue weighted by atomic mass is 10.1. The third kappa shape index (κ3) is 7.16. The van der Waals surface area contributed by atoms with Crippen LogP contribution in [0.5, 0.6) is 11.5 Å². The summed E-state index contributed by atoms with van der Waals surface area (Å²) in [7, 11) is 0. The fourth-order valence-corrected chi connectivity index (χ4v) is 2.41. The van der Waals surface area contributed by atoms with E-state index in [4.69, 9.17) is 9.47 Å². The summed E-state index contributed by atoms with van der Waals surface area (Å²) in [6.45, 7) is 6.16. The van der Waals surface area contributed by atoms with E-state index >= 15 is 0 Å². The highest BCUT2D eigenvalue weighted by Crippen LogP contribution is 2.32. The second-order valence-electron chi connectivity index (χ2n) is 5.96. The number of rotatable bonds is 11. The Morgan fingerprint density at radius 1 is 0.833 bits per heavy atom. The molecular weight excluding hydrogens is 304 g/mol. The maximum absolute atomic E-state index is 12.0. The highest BCUT2D eigenvalue weighted by atomic mass is 16.6. The maximum Gasteiger partial charge on any atom is 0.311 e. The van der Waals surface area contributed by atoms with Crippen molar-refractivity contribution in [2.24, 2.45) is 0 Å². The van der Waals surface area contributed by atoms with E-state index in [0.29, 0.717) is 30.8 Å². The van der Waals surface area contributed by atoms with Gasteiger partial charge < -0.3 is 9.47 Å². The van der Waals surface area contributed by atoms with Gasteiger partial charge in [-0.05, 0) is 30.9 Å². The Hall–Kier alpha value is -1.84. The van der Waals surface area contributed by atoms with Crippen molar-refractivity contribution in [2.75, 3.05) is 0 Å². The first kappa shape index (κ1) is 20.2. The van der Waals surface area contributed by atoms with Crippen LogP contribution in [0.2, 0.25) is 0 Å². The minimum absolute atomic E-state index is 0.271. The molecule has 1 rings (SSSR count). The number of ether oxygens (including phenoxy) is 2. The Morgan fingerprint density at radius 2 is 1.42 bits per heavy atom. The standard InChI is InChI=1S/C20H30O4/c1-4-7-9-14-18(21)23-17-13-11-12-16(6-3)20(17)24-19(22)15-10-8-5-2/h11-13H,4-10,14-15H2,1-3H3. The molecule has 1 aromatic rings. The summed E-state index contributed by atoms with van der Waals surface area (Å²) < 4.78 is 11.0. The second kappa shape index (κ2) is 11.7. The van der Waals surface area contributed by atoms with Crippen LogP contribution in [-0.4, -0.2) is 11.9 Å². The molecule has 134 valence electrons. The van der Waals surface area contributed by atoms with Crippen molar-refractivity contribution in [2.45, 2.75) is 78.6 Å². The predicted octanol–water partition coefficient (Wildman–Crippen LogP) is 5.22.